The van der Waals surface area contributed by atoms with Gasteiger partial charge >= 0.3 is 0 Å². The summed E-state index contributed by atoms with van der Waals surface area (Å²) in [5.74, 6) is 0.773. The molecule has 0 aromatic heterocycles. The lowest BCUT2D eigenvalue weighted by Crippen LogP contribution is -2.48. The Balaban J connectivity index is 1.76. The number of rotatable bonds is 5. The van der Waals surface area contributed by atoms with Crippen LogP contribution in [0.25, 0.3) is 0 Å². The Morgan fingerprint density at radius 1 is 1.45 bits per heavy atom. The van der Waals surface area contributed by atoms with Gasteiger partial charge in [-0.05, 0) is 30.5 Å². The smallest absolute Gasteiger partial charge is 0.220 e. The van der Waals surface area contributed by atoms with Gasteiger partial charge in [0.2, 0.25) is 5.91 Å². The Labute approximate surface area is 118 Å². The number of hydrogen-bond donors (Lipinski definition) is 2. The lowest BCUT2D eigenvalue weighted by atomic mass is 10.1. The van der Waals surface area contributed by atoms with E-state index in [1.807, 2.05) is 24.3 Å². The van der Waals surface area contributed by atoms with Gasteiger partial charge in [-0.2, -0.15) is 0 Å². The van der Waals surface area contributed by atoms with Crippen LogP contribution in [-0.4, -0.2) is 43.5 Å². The van der Waals surface area contributed by atoms with Crippen molar-refractivity contribution in [3.63, 3.8) is 0 Å². The van der Waals surface area contributed by atoms with Gasteiger partial charge in [0.25, 0.3) is 0 Å². The summed E-state index contributed by atoms with van der Waals surface area (Å²) in [6.07, 6.45) is 1.15. The second kappa shape index (κ2) is 7.26. The number of hydrogen-bond acceptors (Lipinski definition) is 4. The maximum Gasteiger partial charge on any atom is 0.220 e. The van der Waals surface area contributed by atoms with E-state index in [0.29, 0.717) is 32.5 Å². The summed E-state index contributed by atoms with van der Waals surface area (Å²) >= 11 is 0. The predicted molar refractivity (Wildman–Crippen MR) is 74.7 cm³/mol. The zero-order valence-corrected chi connectivity index (χ0v) is 11.7. The van der Waals surface area contributed by atoms with Gasteiger partial charge in [-0.25, -0.2) is 0 Å². The fraction of sp³-hybridized carbons (Fsp3) is 0.533. The van der Waals surface area contributed by atoms with Crippen LogP contribution in [0.15, 0.2) is 24.3 Å². The Morgan fingerprint density at radius 3 is 2.85 bits per heavy atom. The monoisotopic (exact) mass is 279 g/mol. The third kappa shape index (κ3) is 4.21. The van der Waals surface area contributed by atoms with E-state index in [-0.39, 0.29) is 11.9 Å². The number of carbonyl (C=O) groups is 1. The topological polar surface area (TPSA) is 67.8 Å². The summed E-state index contributed by atoms with van der Waals surface area (Å²) in [4.78, 5) is 11.9. The van der Waals surface area contributed by atoms with Crippen molar-refractivity contribution in [1.29, 1.82) is 0 Å². The van der Waals surface area contributed by atoms with Crippen molar-refractivity contribution in [3.8, 4) is 5.75 Å². The highest BCUT2D eigenvalue weighted by molar-refractivity contribution is 5.76. The molecule has 0 radical (unpaired) electrons. The summed E-state index contributed by atoms with van der Waals surface area (Å²) in [7, 11) is 1.63. The third-order valence-corrected chi connectivity index (χ3v) is 3.47. The summed E-state index contributed by atoms with van der Waals surface area (Å²) in [5, 5.41) is 12.6. The van der Waals surface area contributed by atoms with Gasteiger partial charge in [0.05, 0.1) is 25.9 Å². The second-order valence-electron chi connectivity index (χ2n) is 4.95. The minimum Gasteiger partial charge on any atom is -0.497 e. The number of amides is 1. The Bertz CT molecular complexity index is 432. The van der Waals surface area contributed by atoms with Crippen molar-refractivity contribution in [3.05, 3.63) is 29.8 Å². The molecule has 0 bridgehead atoms. The first-order chi connectivity index (χ1) is 9.69. The molecule has 0 spiro atoms. The average Bonchev–Trinajstić information content (AvgIpc) is 2.48. The van der Waals surface area contributed by atoms with E-state index in [0.717, 1.165) is 11.3 Å². The van der Waals surface area contributed by atoms with Crippen LogP contribution in [0, 0.1) is 0 Å². The Kier molecular flexibility index (Phi) is 5.38. The molecule has 0 saturated carbocycles. The molecule has 1 heterocycles. The Hall–Kier alpha value is -1.59. The summed E-state index contributed by atoms with van der Waals surface area (Å²) in [6, 6.07) is 7.49. The second-order valence-corrected chi connectivity index (χ2v) is 4.95. The molecule has 5 heteroatoms. The number of methoxy groups -OCH3 is 1. The molecule has 1 aromatic carbocycles. The molecule has 110 valence electrons. The molecule has 2 atom stereocenters. The molecule has 1 aliphatic rings. The number of aliphatic hydroxyl groups is 1. The zero-order valence-electron chi connectivity index (χ0n) is 11.7. The van der Waals surface area contributed by atoms with Crippen LogP contribution in [0.5, 0.6) is 5.75 Å². The SMILES string of the molecule is COc1ccc(CCC(=O)N[C@@H]2CCOC[C@H]2O)cc1. The van der Waals surface area contributed by atoms with E-state index in [1.165, 1.54) is 0 Å². The van der Waals surface area contributed by atoms with Crippen LogP contribution < -0.4 is 10.1 Å². The minimum atomic E-state index is -0.603. The van der Waals surface area contributed by atoms with E-state index in [4.69, 9.17) is 9.47 Å². The first-order valence-corrected chi connectivity index (χ1v) is 6.87. The van der Waals surface area contributed by atoms with Gasteiger partial charge < -0.3 is 19.9 Å². The van der Waals surface area contributed by atoms with E-state index in [2.05, 4.69) is 5.32 Å². The van der Waals surface area contributed by atoms with Crippen LogP contribution in [0.4, 0.5) is 0 Å². The molecule has 0 unspecified atom stereocenters. The molecule has 20 heavy (non-hydrogen) atoms. The maximum atomic E-state index is 11.9. The van der Waals surface area contributed by atoms with Gasteiger partial charge in [0.15, 0.2) is 0 Å². The van der Waals surface area contributed by atoms with Crippen molar-refractivity contribution in [1.82, 2.24) is 5.32 Å². The molecule has 2 rings (SSSR count). The molecule has 1 saturated heterocycles. The standard InChI is InChI=1S/C15H21NO4/c1-19-12-5-2-11(3-6-12)4-7-15(18)16-13-8-9-20-10-14(13)17/h2-3,5-6,13-14,17H,4,7-10H2,1H3,(H,16,18)/t13-,14-/m1/s1. The maximum absolute atomic E-state index is 11.9. The van der Waals surface area contributed by atoms with E-state index >= 15 is 0 Å². The number of benzene rings is 1. The molecular weight excluding hydrogens is 258 g/mol. The van der Waals surface area contributed by atoms with Gasteiger partial charge in [0.1, 0.15) is 5.75 Å². The van der Waals surface area contributed by atoms with E-state index < -0.39 is 6.10 Å². The quantitative estimate of drug-likeness (QED) is 0.840. The number of carbonyl (C=O) groups excluding carboxylic acids is 1. The first-order valence-electron chi connectivity index (χ1n) is 6.87. The first kappa shape index (κ1) is 14.8. The van der Waals surface area contributed by atoms with Crippen LogP contribution in [-0.2, 0) is 16.0 Å². The van der Waals surface area contributed by atoms with Crippen molar-refractivity contribution < 1.29 is 19.4 Å². The lowest BCUT2D eigenvalue weighted by Gasteiger charge is -2.28. The highest BCUT2D eigenvalue weighted by Gasteiger charge is 2.24. The molecule has 1 fully saturated rings. The van der Waals surface area contributed by atoms with Crippen molar-refractivity contribution in [2.75, 3.05) is 20.3 Å². The van der Waals surface area contributed by atoms with Gasteiger partial charge in [0, 0.05) is 13.0 Å². The van der Waals surface area contributed by atoms with Gasteiger partial charge in [-0.3, -0.25) is 4.79 Å². The van der Waals surface area contributed by atoms with Crippen LogP contribution in [0.3, 0.4) is 0 Å². The van der Waals surface area contributed by atoms with Gasteiger partial charge in [-0.1, -0.05) is 12.1 Å². The fourth-order valence-electron chi connectivity index (χ4n) is 2.22. The highest BCUT2D eigenvalue weighted by Crippen LogP contribution is 2.13. The fourth-order valence-corrected chi connectivity index (χ4v) is 2.22. The largest absolute Gasteiger partial charge is 0.497 e. The molecular formula is C15H21NO4. The summed E-state index contributed by atoms with van der Waals surface area (Å²) < 4.78 is 10.2. The minimum absolute atomic E-state index is 0.0354. The van der Waals surface area contributed by atoms with Crippen molar-refractivity contribution in [2.45, 2.75) is 31.4 Å². The van der Waals surface area contributed by atoms with Crippen LogP contribution >= 0.6 is 0 Å². The summed E-state index contributed by atoms with van der Waals surface area (Å²) in [5.41, 5.74) is 1.09. The summed E-state index contributed by atoms with van der Waals surface area (Å²) in [6.45, 7) is 0.879. The average molecular weight is 279 g/mol. The van der Waals surface area contributed by atoms with Crippen LogP contribution in [0.1, 0.15) is 18.4 Å². The molecule has 1 aromatic rings. The molecule has 1 aliphatic heterocycles. The van der Waals surface area contributed by atoms with Crippen LogP contribution in [0.2, 0.25) is 0 Å². The molecule has 2 N–H and O–H groups in total. The van der Waals surface area contributed by atoms with Crippen molar-refractivity contribution in [2.24, 2.45) is 0 Å². The number of ether oxygens (including phenoxy) is 2. The highest BCUT2D eigenvalue weighted by atomic mass is 16.5. The third-order valence-electron chi connectivity index (χ3n) is 3.47. The van der Waals surface area contributed by atoms with Crippen molar-refractivity contribution >= 4 is 5.91 Å². The molecule has 0 aliphatic carbocycles. The molecule has 5 nitrogen and oxygen atoms in total. The van der Waals surface area contributed by atoms with E-state index in [9.17, 15) is 9.90 Å². The predicted octanol–water partition coefficient (Wildman–Crippen LogP) is 0.894. The zero-order chi connectivity index (χ0) is 14.4. The number of nitrogens with one attached hydrogen (secondary N) is 1. The number of aliphatic hydroxyl groups excluding tert-OH is 1. The van der Waals surface area contributed by atoms with E-state index in [1.54, 1.807) is 7.11 Å². The molecule has 1 amide bonds. The lowest BCUT2D eigenvalue weighted by molar-refractivity contribution is -0.124. The normalized spacial score (nSPS) is 22.3. The Morgan fingerprint density at radius 2 is 2.20 bits per heavy atom. The number of aryl methyl sites for hydroxylation is 1. The van der Waals surface area contributed by atoms with Gasteiger partial charge in [-0.15, -0.1) is 0 Å².